The van der Waals surface area contributed by atoms with Crippen LogP contribution < -0.4 is 10.2 Å². The summed E-state index contributed by atoms with van der Waals surface area (Å²) in [5.74, 6) is -2.60. The smallest absolute Gasteiger partial charge is 0.303 e. The van der Waals surface area contributed by atoms with E-state index in [-0.39, 0.29) is 43.0 Å². The number of aliphatic carboxylic acids is 1. The molecule has 238 valence electrons. The number of nitrogens with zero attached hydrogens (tertiary/aromatic N) is 2. The quantitative estimate of drug-likeness (QED) is 0.252. The van der Waals surface area contributed by atoms with E-state index in [0.29, 0.717) is 37.3 Å². The van der Waals surface area contributed by atoms with E-state index in [4.69, 9.17) is 0 Å². The molecule has 1 saturated heterocycles. The molecule has 1 fully saturated rings. The van der Waals surface area contributed by atoms with Gasteiger partial charge in [-0.1, -0.05) is 93.6 Å². The average molecular weight is 614 g/mol. The van der Waals surface area contributed by atoms with E-state index in [0.717, 1.165) is 5.56 Å². The molecule has 0 aliphatic carbocycles. The molecule has 0 saturated carbocycles. The van der Waals surface area contributed by atoms with E-state index in [1.165, 1.54) is 11.3 Å². The third-order valence-corrected chi connectivity index (χ3v) is 8.18. The topological polar surface area (TPSA) is 127 Å². The Kier molecular flexibility index (Phi) is 11.1. The number of benzene rings is 3. The van der Waals surface area contributed by atoms with Crippen LogP contribution in [0, 0.1) is 5.92 Å². The lowest BCUT2D eigenvalue weighted by atomic mass is 9.85. The molecule has 2 unspecified atom stereocenters. The zero-order chi connectivity index (χ0) is 32.6. The van der Waals surface area contributed by atoms with Crippen LogP contribution in [0.3, 0.4) is 0 Å². The minimum absolute atomic E-state index is 0.0112. The summed E-state index contributed by atoms with van der Waals surface area (Å²) in [7, 11) is 0. The van der Waals surface area contributed by atoms with Gasteiger partial charge in [0.05, 0.1) is 0 Å². The Hall–Kier alpha value is -4.50. The van der Waals surface area contributed by atoms with Gasteiger partial charge in [-0.3, -0.25) is 19.2 Å². The molecule has 3 aromatic carbocycles. The number of anilines is 1. The Morgan fingerprint density at radius 1 is 0.800 bits per heavy atom. The zero-order valence-corrected chi connectivity index (χ0v) is 26.2. The number of nitrogens with one attached hydrogen (secondary N) is 1. The first-order valence-corrected chi connectivity index (χ1v) is 15.4. The standard InChI is InChI=1S/C36H43N3O6/c1-36(2,3)29-11-7-8-12-30(29)38-17-19-39(20-18-38)32(41)22-26(23-33(42)43)21-31(40)37-24-25-13-15-28(16-14-25)35(45)34(44)27-9-5-4-6-10-27/h4-16,26,34,44H,17-24H2,1-3H3,(H,37,40)(H,42,43). The number of amides is 2. The van der Waals surface area contributed by atoms with Gasteiger partial charge < -0.3 is 25.3 Å². The van der Waals surface area contributed by atoms with Crippen LogP contribution in [0.2, 0.25) is 0 Å². The van der Waals surface area contributed by atoms with E-state index < -0.39 is 23.8 Å². The molecule has 2 atom stereocenters. The molecule has 3 N–H and O–H groups in total. The highest BCUT2D eigenvalue weighted by atomic mass is 16.4. The number of carboxylic acid groups (broad SMARTS) is 1. The molecule has 0 radical (unpaired) electrons. The molecule has 3 aromatic rings. The highest BCUT2D eigenvalue weighted by molar-refractivity contribution is 5.99. The summed E-state index contributed by atoms with van der Waals surface area (Å²) < 4.78 is 0. The van der Waals surface area contributed by atoms with E-state index in [2.05, 4.69) is 43.1 Å². The Morgan fingerprint density at radius 2 is 1.42 bits per heavy atom. The Labute approximate surface area is 264 Å². The maximum Gasteiger partial charge on any atom is 0.303 e. The number of aliphatic hydroxyl groups excluding tert-OH is 1. The van der Waals surface area contributed by atoms with E-state index >= 15 is 0 Å². The van der Waals surface area contributed by atoms with Crippen molar-refractivity contribution in [2.24, 2.45) is 5.92 Å². The van der Waals surface area contributed by atoms with Crippen molar-refractivity contribution in [3.05, 3.63) is 101 Å². The van der Waals surface area contributed by atoms with Crippen LogP contribution in [-0.2, 0) is 26.3 Å². The number of rotatable bonds is 12. The second-order valence-corrected chi connectivity index (χ2v) is 12.7. The zero-order valence-electron chi connectivity index (χ0n) is 26.2. The fraction of sp³-hybridized carbons (Fsp3) is 0.389. The highest BCUT2D eigenvalue weighted by Gasteiger charge is 2.28. The summed E-state index contributed by atoms with van der Waals surface area (Å²) in [4.78, 5) is 54.2. The van der Waals surface area contributed by atoms with Gasteiger partial charge in [0, 0.05) is 63.2 Å². The van der Waals surface area contributed by atoms with Crippen LogP contribution in [-0.4, -0.2) is 64.9 Å². The number of carbonyl (C=O) groups is 4. The summed E-state index contributed by atoms with van der Waals surface area (Å²) in [6, 6.07) is 23.6. The summed E-state index contributed by atoms with van der Waals surface area (Å²) >= 11 is 0. The summed E-state index contributed by atoms with van der Waals surface area (Å²) in [6.45, 7) is 9.15. The number of Topliss-reactive ketones (excluding diaryl/α,β-unsaturated/α-hetero) is 1. The van der Waals surface area contributed by atoms with Crippen molar-refractivity contribution in [2.45, 2.75) is 58.1 Å². The van der Waals surface area contributed by atoms with Crippen molar-refractivity contribution in [3.8, 4) is 0 Å². The molecule has 1 aliphatic heterocycles. The number of carboxylic acids is 1. The normalized spacial score (nSPS) is 14.8. The third kappa shape index (κ3) is 9.25. The van der Waals surface area contributed by atoms with Crippen molar-refractivity contribution in [2.75, 3.05) is 31.1 Å². The Morgan fingerprint density at radius 3 is 2.04 bits per heavy atom. The number of piperazine rings is 1. The van der Waals surface area contributed by atoms with Crippen molar-refractivity contribution in [1.29, 1.82) is 0 Å². The maximum absolute atomic E-state index is 13.2. The van der Waals surface area contributed by atoms with Crippen LogP contribution in [0.4, 0.5) is 5.69 Å². The van der Waals surface area contributed by atoms with Crippen molar-refractivity contribution in [3.63, 3.8) is 0 Å². The number of hydrogen-bond acceptors (Lipinski definition) is 6. The lowest BCUT2D eigenvalue weighted by Crippen LogP contribution is -2.49. The minimum Gasteiger partial charge on any atom is -0.481 e. The maximum atomic E-state index is 13.2. The van der Waals surface area contributed by atoms with E-state index in [1.54, 1.807) is 53.4 Å². The minimum atomic E-state index is -1.26. The van der Waals surface area contributed by atoms with E-state index in [9.17, 15) is 29.4 Å². The van der Waals surface area contributed by atoms with Gasteiger partial charge in [-0.05, 0) is 34.1 Å². The molecule has 1 aliphatic rings. The fourth-order valence-corrected chi connectivity index (χ4v) is 5.69. The molecule has 0 aromatic heterocycles. The monoisotopic (exact) mass is 613 g/mol. The van der Waals surface area contributed by atoms with Crippen LogP contribution in [0.5, 0.6) is 0 Å². The SMILES string of the molecule is CC(C)(C)c1ccccc1N1CCN(C(=O)CC(CC(=O)O)CC(=O)NCc2ccc(C(=O)C(O)c3ccccc3)cc2)CC1. The second kappa shape index (κ2) is 15.0. The Bertz CT molecular complexity index is 1470. The highest BCUT2D eigenvalue weighted by Crippen LogP contribution is 2.32. The average Bonchev–Trinajstić information content (AvgIpc) is 3.03. The van der Waals surface area contributed by atoms with Crippen LogP contribution in [0.1, 0.15) is 73.2 Å². The molecule has 1 heterocycles. The lowest BCUT2D eigenvalue weighted by Gasteiger charge is -2.39. The largest absolute Gasteiger partial charge is 0.481 e. The number of carbonyl (C=O) groups excluding carboxylic acids is 3. The first kappa shape index (κ1) is 33.4. The number of ketones is 1. The molecule has 4 rings (SSSR count). The first-order chi connectivity index (χ1) is 21.4. The van der Waals surface area contributed by atoms with Crippen molar-refractivity contribution >= 4 is 29.3 Å². The van der Waals surface area contributed by atoms with Crippen molar-refractivity contribution < 1.29 is 29.4 Å². The summed E-state index contributed by atoms with van der Waals surface area (Å²) in [6.07, 6.45) is -1.64. The van der Waals surface area contributed by atoms with Crippen LogP contribution in [0.25, 0.3) is 0 Å². The lowest BCUT2D eigenvalue weighted by molar-refractivity contribution is -0.139. The predicted octanol–water partition coefficient (Wildman–Crippen LogP) is 4.74. The van der Waals surface area contributed by atoms with Crippen LogP contribution >= 0.6 is 0 Å². The van der Waals surface area contributed by atoms with E-state index in [1.807, 2.05) is 18.2 Å². The predicted molar refractivity (Wildman–Crippen MR) is 173 cm³/mol. The van der Waals surface area contributed by atoms with Gasteiger partial charge in [-0.2, -0.15) is 0 Å². The first-order valence-electron chi connectivity index (χ1n) is 15.4. The summed E-state index contributed by atoms with van der Waals surface area (Å²) in [5, 5.41) is 22.6. The molecule has 9 nitrogen and oxygen atoms in total. The third-order valence-electron chi connectivity index (χ3n) is 8.18. The molecular formula is C36H43N3O6. The number of hydrogen-bond donors (Lipinski definition) is 3. The van der Waals surface area contributed by atoms with Crippen molar-refractivity contribution in [1.82, 2.24) is 10.2 Å². The summed E-state index contributed by atoms with van der Waals surface area (Å²) in [5.41, 5.74) is 4.01. The molecule has 9 heteroatoms. The molecule has 0 spiro atoms. The second-order valence-electron chi connectivity index (χ2n) is 12.7. The molecule has 2 amide bonds. The van der Waals surface area contributed by atoms with Gasteiger partial charge in [0.15, 0.2) is 5.78 Å². The van der Waals surface area contributed by atoms with Gasteiger partial charge in [-0.15, -0.1) is 0 Å². The van der Waals surface area contributed by atoms with Gasteiger partial charge >= 0.3 is 5.97 Å². The van der Waals surface area contributed by atoms with Crippen LogP contribution in [0.15, 0.2) is 78.9 Å². The molecule has 0 bridgehead atoms. The molecular weight excluding hydrogens is 570 g/mol. The molecule has 45 heavy (non-hydrogen) atoms. The Balaban J connectivity index is 1.27. The van der Waals surface area contributed by atoms with Gasteiger partial charge in [0.25, 0.3) is 0 Å². The number of para-hydroxylation sites is 1. The van der Waals surface area contributed by atoms with Gasteiger partial charge in [-0.25, -0.2) is 0 Å². The fourth-order valence-electron chi connectivity index (χ4n) is 5.69. The van der Waals surface area contributed by atoms with Gasteiger partial charge in [0.1, 0.15) is 6.10 Å². The number of aliphatic hydroxyl groups is 1. The van der Waals surface area contributed by atoms with Gasteiger partial charge in [0.2, 0.25) is 11.8 Å².